The molecule has 9 nitrogen and oxygen atoms in total. The molecule has 0 aliphatic rings. The van der Waals surface area contributed by atoms with Crippen LogP contribution in [0.5, 0.6) is 0 Å². The van der Waals surface area contributed by atoms with E-state index in [0.717, 1.165) is 29.8 Å². The van der Waals surface area contributed by atoms with Crippen molar-refractivity contribution in [3.05, 3.63) is 69.3 Å². The van der Waals surface area contributed by atoms with Gasteiger partial charge >= 0.3 is 0 Å². The second-order valence-electron chi connectivity index (χ2n) is 6.85. The van der Waals surface area contributed by atoms with Gasteiger partial charge in [0.25, 0.3) is 11.6 Å². The summed E-state index contributed by atoms with van der Waals surface area (Å²) >= 11 is 0.986. The molecule has 0 fully saturated rings. The largest absolute Gasteiger partial charge is 0.366 e. The van der Waals surface area contributed by atoms with Crippen LogP contribution in [-0.4, -0.2) is 34.4 Å². The first-order valence-electron chi connectivity index (χ1n) is 9.58. The van der Waals surface area contributed by atoms with Crippen LogP contribution in [0, 0.1) is 10.1 Å². The zero-order chi connectivity index (χ0) is 23.0. The van der Waals surface area contributed by atoms with Crippen molar-refractivity contribution in [1.29, 1.82) is 0 Å². The van der Waals surface area contributed by atoms with Gasteiger partial charge in [0.2, 0.25) is 11.8 Å². The molecule has 0 aromatic heterocycles. The minimum atomic E-state index is -0.766. The maximum Gasteiger partial charge on any atom is 0.283 e. The SMILES string of the molecule is CCC(C)NC(=O)c1cccc(CNC(=O)CSc2ccc(C(N)=O)cc2[N+](=O)[O-])c1. The fourth-order valence-electron chi connectivity index (χ4n) is 2.56. The van der Waals surface area contributed by atoms with Crippen molar-refractivity contribution >= 4 is 35.2 Å². The van der Waals surface area contributed by atoms with Crippen LogP contribution in [0.15, 0.2) is 47.4 Å². The lowest BCUT2D eigenvalue weighted by Crippen LogP contribution is -2.32. The van der Waals surface area contributed by atoms with E-state index in [4.69, 9.17) is 5.73 Å². The summed E-state index contributed by atoms with van der Waals surface area (Å²) in [5, 5.41) is 16.9. The summed E-state index contributed by atoms with van der Waals surface area (Å²) in [7, 11) is 0. The third-order valence-corrected chi connectivity index (χ3v) is 5.53. The third-order valence-electron chi connectivity index (χ3n) is 4.47. The van der Waals surface area contributed by atoms with Gasteiger partial charge in [0.05, 0.1) is 15.6 Å². The zero-order valence-electron chi connectivity index (χ0n) is 17.2. The standard InChI is InChI=1S/C21H24N4O5S/c1-3-13(2)24-21(28)16-6-4-5-14(9-16)11-23-19(26)12-31-18-8-7-15(20(22)27)10-17(18)25(29)30/h4-10,13H,3,11-12H2,1-2H3,(H2,22,27)(H,23,26)(H,24,28). The Hall–Kier alpha value is -3.40. The van der Waals surface area contributed by atoms with Crippen LogP contribution in [0.1, 0.15) is 46.5 Å². The average Bonchev–Trinajstić information content (AvgIpc) is 2.75. The van der Waals surface area contributed by atoms with E-state index in [9.17, 15) is 24.5 Å². The molecule has 164 valence electrons. The van der Waals surface area contributed by atoms with E-state index >= 15 is 0 Å². The lowest BCUT2D eigenvalue weighted by atomic mass is 10.1. The van der Waals surface area contributed by atoms with Gasteiger partial charge in [-0.2, -0.15) is 0 Å². The predicted octanol–water partition coefficient (Wildman–Crippen LogP) is 2.63. The highest BCUT2D eigenvalue weighted by atomic mass is 32.2. The molecular weight excluding hydrogens is 420 g/mol. The number of primary amides is 1. The number of carbonyl (C=O) groups is 3. The summed E-state index contributed by atoms with van der Waals surface area (Å²) in [6.45, 7) is 4.12. The fraction of sp³-hybridized carbons (Fsp3) is 0.286. The predicted molar refractivity (Wildman–Crippen MR) is 118 cm³/mol. The number of nitrogens with two attached hydrogens (primary N) is 1. The maximum absolute atomic E-state index is 12.2. The van der Waals surface area contributed by atoms with Crippen LogP contribution in [0.25, 0.3) is 0 Å². The first-order chi connectivity index (χ1) is 14.7. The Labute approximate surface area is 183 Å². The summed E-state index contributed by atoms with van der Waals surface area (Å²) in [6.07, 6.45) is 0.822. The number of benzene rings is 2. The number of rotatable bonds is 10. The van der Waals surface area contributed by atoms with E-state index in [2.05, 4.69) is 10.6 Å². The Bertz CT molecular complexity index is 995. The van der Waals surface area contributed by atoms with Crippen LogP contribution in [0.4, 0.5) is 5.69 Å². The first kappa shape index (κ1) is 23.9. The smallest absolute Gasteiger partial charge is 0.283 e. The lowest BCUT2D eigenvalue weighted by molar-refractivity contribution is -0.387. The number of amides is 3. The van der Waals surface area contributed by atoms with Gasteiger partial charge in [-0.15, -0.1) is 11.8 Å². The van der Waals surface area contributed by atoms with Gasteiger partial charge in [0.15, 0.2) is 0 Å². The summed E-state index contributed by atoms with van der Waals surface area (Å²) in [6, 6.07) is 10.9. The van der Waals surface area contributed by atoms with E-state index in [1.165, 1.54) is 12.1 Å². The molecule has 10 heteroatoms. The number of hydrogen-bond donors (Lipinski definition) is 3. The number of nitro benzene ring substituents is 1. The lowest BCUT2D eigenvalue weighted by Gasteiger charge is -2.12. The molecule has 0 aliphatic carbocycles. The molecule has 2 aromatic carbocycles. The Kier molecular flexibility index (Phi) is 8.56. The van der Waals surface area contributed by atoms with Crippen molar-refractivity contribution in [2.75, 3.05) is 5.75 Å². The zero-order valence-corrected chi connectivity index (χ0v) is 18.0. The number of thioether (sulfide) groups is 1. The van der Waals surface area contributed by atoms with Crippen molar-refractivity contribution in [1.82, 2.24) is 10.6 Å². The molecule has 0 radical (unpaired) electrons. The van der Waals surface area contributed by atoms with Crippen LogP contribution < -0.4 is 16.4 Å². The van der Waals surface area contributed by atoms with E-state index in [1.54, 1.807) is 24.3 Å². The van der Waals surface area contributed by atoms with E-state index in [1.807, 2.05) is 13.8 Å². The summed E-state index contributed by atoms with van der Waals surface area (Å²) < 4.78 is 0. The minimum Gasteiger partial charge on any atom is -0.366 e. The monoisotopic (exact) mass is 444 g/mol. The fourth-order valence-corrected chi connectivity index (χ4v) is 3.40. The van der Waals surface area contributed by atoms with Gasteiger partial charge in [-0.25, -0.2) is 0 Å². The molecule has 2 rings (SSSR count). The molecule has 1 unspecified atom stereocenters. The van der Waals surface area contributed by atoms with Crippen molar-refractivity contribution in [3.8, 4) is 0 Å². The van der Waals surface area contributed by atoms with Crippen LogP contribution in [-0.2, 0) is 11.3 Å². The average molecular weight is 445 g/mol. The molecule has 0 heterocycles. The topological polar surface area (TPSA) is 144 Å². The second kappa shape index (κ2) is 11.1. The van der Waals surface area contributed by atoms with Crippen molar-refractivity contribution in [3.63, 3.8) is 0 Å². The van der Waals surface area contributed by atoms with Crippen molar-refractivity contribution in [2.24, 2.45) is 5.73 Å². The molecule has 0 saturated carbocycles. The van der Waals surface area contributed by atoms with Gasteiger partial charge < -0.3 is 16.4 Å². The van der Waals surface area contributed by atoms with E-state index in [0.29, 0.717) is 5.56 Å². The molecule has 0 saturated heterocycles. The van der Waals surface area contributed by atoms with Crippen molar-refractivity contribution < 1.29 is 19.3 Å². The second-order valence-corrected chi connectivity index (χ2v) is 7.87. The normalized spacial score (nSPS) is 11.4. The number of nitro groups is 1. The third kappa shape index (κ3) is 7.10. The number of hydrogen-bond acceptors (Lipinski definition) is 6. The Morgan fingerprint density at radius 3 is 2.55 bits per heavy atom. The number of carbonyl (C=O) groups excluding carboxylic acids is 3. The quantitative estimate of drug-likeness (QED) is 0.292. The van der Waals surface area contributed by atoms with Crippen molar-refractivity contribution in [2.45, 2.75) is 37.8 Å². The highest BCUT2D eigenvalue weighted by Gasteiger charge is 2.18. The molecule has 4 N–H and O–H groups in total. The summed E-state index contributed by atoms with van der Waals surface area (Å²) in [4.78, 5) is 46.5. The molecule has 0 spiro atoms. The summed E-state index contributed by atoms with van der Waals surface area (Å²) in [5.74, 6) is -1.32. The molecule has 1 atom stereocenters. The maximum atomic E-state index is 12.2. The molecule has 0 aliphatic heterocycles. The van der Waals surface area contributed by atoms with Gasteiger partial charge in [-0.1, -0.05) is 19.1 Å². The molecule has 3 amide bonds. The van der Waals surface area contributed by atoms with Gasteiger partial charge in [-0.05, 0) is 43.2 Å². The molecular formula is C21H24N4O5S. The van der Waals surface area contributed by atoms with Gasteiger partial charge in [0.1, 0.15) is 0 Å². The number of nitrogens with one attached hydrogen (secondary N) is 2. The van der Waals surface area contributed by atoms with Crippen LogP contribution in [0.2, 0.25) is 0 Å². The summed E-state index contributed by atoms with van der Waals surface area (Å²) in [5.41, 5.74) is 6.16. The van der Waals surface area contributed by atoms with E-state index < -0.39 is 10.8 Å². The Morgan fingerprint density at radius 1 is 1.16 bits per heavy atom. The molecule has 31 heavy (non-hydrogen) atoms. The Morgan fingerprint density at radius 2 is 1.90 bits per heavy atom. The Balaban J connectivity index is 1.95. The number of nitrogens with zero attached hydrogens (tertiary/aromatic N) is 1. The molecule has 2 aromatic rings. The van der Waals surface area contributed by atoms with Crippen LogP contribution >= 0.6 is 11.8 Å². The minimum absolute atomic E-state index is 0.0257. The highest BCUT2D eigenvalue weighted by Crippen LogP contribution is 2.30. The van der Waals surface area contributed by atoms with E-state index in [-0.39, 0.29) is 46.3 Å². The first-order valence-corrected chi connectivity index (χ1v) is 10.6. The van der Waals surface area contributed by atoms with Gasteiger partial charge in [-0.3, -0.25) is 24.5 Å². The van der Waals surface area contributed by atoms with Crippen LogP contribution in [0.3, 0.4) is 0 Å². The van der Waals surface area contributed by atoms with Gasteiger partial charge in [0, 0.05) is 29.8 Å². The molecule has 0 bridgehead atoms. The highest BCUT2D eigenvalue weighted by molar-refractivity contribution is 8.00.